The van der Waals surface area contributed by atoms with Crippen molar-refractivity contribution in [3.63, 3.8) is 0 Å². The van der Waals surface area contributed by atoms with Gasteiger partial charge in [-0.3, -0.25) is 9.80 Å². The van der Waals surface area contributed by atoms with E-state index in [0.29, 0.717) is 5.75 Å². The number of methoxy groups -OCH3 is 3. The summed E-state index contributed by atoms with van der Waals surface area (Å²) >= 11 is 0. The van der Waals surface area contributed by atoms with Crippen LogP contribution in [-0.4, -0.2) is 64.1 Å². The Hall–Kier alpha value is -2.64. The molecule has 0 spiro atoms. The van der Waals surface area contributed by atoms with Crippen LogP contribution < -0.4 is 23.7 Å². The first-order chi connectivity index (χ1) is 14.2. The normalized spacial score (nSPS) is 16.7. The minimum atomic E-state index is 0.252. The zero-order valence-corrected chi connectivity index (χ0v) is 17.3. The van der Waals surface area contributed by atoms with E-state index in [1.807, 2.05) is 18.2 Å². The van der Waals surface area contributed by atoms with Crippen molar-refractivity contribution in [3.05, 3.63) is 41.5 Å². The first kappa shape index (κ1) is 19.7. The van der Waals surface area contributed by atoms with Gasteiger partial charge < -0.3 is 23.7 Å². The number of piperazine rings is 1. The van der Waals surface area contributed by atoms with E-state index in [0.717, 1.165) is 67.8 Å². The number of rotatable bonds is 7. The Bertz CT molecular complexity index is 849. The third kappa shape index (κ3) is 4.36. The highest BCUT2D eigenvalue weighted by Crippen LogP contribution is 2.42. The first-order valence-electron chi connectivity index (χ1n) is 9.82. The minimum Gasteiger partial charge on any atom is -0.497 e. The molecule has 2 aliphatic rings. The third-order valence-corrected chi connectivity index (χ3v) is 5.47. The summed E-state index contributed by atoms with van der Waals surface area (Å²) in [5.74, 6) is 3.96. The van der Waals surface area contributed by atoms with Crippen LogP contribution in [-0.2, 0) is 13.1 Å². The summed E-state index contributed by atoms with van der Waals surface area (Å²) in [5.41, 5.74) is 2.33. The maximum Gasteiger partial charge on any atom is 0.231 e. The van der Waals surface area contributed by atoms with Crippen molar-refractivity contribution in [2.45, 2.75) is 13.1 Å². The van der Waals surface area contributed by atoms with E-state index in [9.17, 15) is 0 Å². The number of hydrogen-bond acceptors (Lipinski definition) is 7. The molecule has 0 aliphatic carbocycles. The molecule has 0 aromatic heterocycles. The average Bonchev–Trinajstić information content (AvgIpc) is 3.23. The largest absolute Gasteiger partial charge is 0.497 e. The Morgan fingerprint density at radius 1 is 0.793 bits per heavy atom. The van der Waals surface area contributed by atoms with Crippen LogP contribution in [0.15, 0.2) is 30.3 Å². The van der Waals surface area contributed by atoms with Crippen molar-refractivity contribution in [3.8, 4) is 28.7 Å². The summed E-state index contributed by atoms with van der Waals surface area (Å²) in [6, 6.07) is 10.1. The molecule has 7 heteroatoms. The number of fused-ring (bicyclic) bond motifs is 1. The minimum absolute atomic E-state index is 0.252. The van der Waals surface area contributed by atoms with Crippen LogP contribution >= 0.6 is 0 Å². The van der Waals surface area contributed by atoms with Gasteiger partial charge in [0.05, 0.1) is 21.3 Å². The highest BCUT2D eigenvalue weighted by Gasteiger charge is 2.23. The molecule has 2 aromatic rings. The molecule has 0 atom stereocenters. The van der Waals surface area contributed by atoms with Crippen molar-refractivity contribution >= 4 is 0 Å². The second kappa shape index (κ2) is 8.80. The van der Waals surface area contributed by atoms with Crippen molar-refractivity contribution in [2.75, 3.05) is 54.3 Å². The molecule has 1 saturated heterocycles. The predicted octanol–water partition coefficient (Wildman–Crippen LogP) is 2.76. The summed E-state index contributed by atoms with van der Waals surface area (Å²) in [6.07, 6.45) is 0. The van der Waals surface area contributed by atoms with Crippen LogP contribution in [0.1, 0.15) is 11.1 Å². The fourth-order valence-electron chi connectivity index (χ4n) is 3.89. The van der Waals surface area contributed by atoms with Gasteiger partial charge in [-0.2, -0.15) is 0 Å². The highest BCUT2D eigenvalue weighted by molar-refractivity contribution is 5.55. The van der Waals surface area contributed by atoms with E-state index in [1.165, 1.54) is 5.56 Å². The van der Waals surface area contributed by atoms with Crippen molar-refractivity contribution in [1.82, 2.24) is 9.80 Å². The van der Waals surface area contributed by atoms with Crippen LogP contribution in [0, 0.1) is 0 Å². The second-order valence-electron chi connectivity index (χ2n) is 7.26. The molecule has 0 radical (unpaired) electrons. The van der Waals surface area contributed by atoms with E-state index in [4.69, 9.17) is 23.7 Å². The fourth-order valence-corrected chi connectivity index (χ4v) is 3.89. The monoisotopic (exact) mass is 400 g/mol. The van der Waals surface area contributed by atoms with Gasteiger partial charge in [-0.15, -0.1) is 0 Å². The molecular weight excluding hydrogens is 372 g/mol. The van der Waals surface area contributed by atoms with Gasteiger partial charge in [0.1, 0.15) is 11.5 Å². The molecule has 2 aliphatic heterocycles. The smallest absolute Gasteiger partial charge is 0.231 e. The quantitative estimate of drug-likeness (QED) is 0.708. The maximum absolute atomic E-state index is 5.54. The molecule has 4 rings (SSSR count). The van der Waals surface area contributed by atoms with Crippen LogP contribution in [0.3, 0.4) is 0 Å². The Kier molecular flexibility index (Phi) is 5.97. The Labute approximate surface area is 171 Å². The van der Waals surface area contributed by atoms with Gasteiger partial charge in [0.15, 0.2) is 11.5 Å². The lowest BCUT2D eigenvalue weighted by molar-refractivity contribution is 0.121. The molecular formula is C22H28N2O5. The lowest BCUT2D eigenvalue weighted by atomic mass is 10.1. The highest BCUT2D eigenvalue weighted by atomic mass is 16.7. The van der Waals surface area contributed by atoms with Crippen LogP contribution in [0.5, 0.6) is 28.7 Å². The molecule has 2 aromatic carbocycles. The van der Waals surface area contributed by atoms with E-state index in [1.54, 1.807) is 21.3 Å². The van der Waals surface area contributed by atoms with E-state index >= 15 is 0 Å². The average molecular weight is 400 g/mol. The number of nitrogens with zero attached hydrogens (tertiary/aromatic N) is 2. The molecule has 0 unspecified atom stereocenters. The molecule has 1 fully saturated rings. The topological polar surface area (TPSA) is 52.6 Å². The van der Waals surface area contributed by atoms with Crippen LogP contribution in [0.2, 0.25) is 0 Å². The summed E-state index contributed by atoms with van der Waals surface area (Å²) in [6.45, 7) is 5.98. The molecule has 2 heterocycles. The Morgan fingerprint density at radius 2 is 1.52 bits per heavy atom. The van der Waals surface area contributed by atoms with Gasteiger partial charge in [0.2, 0.25) is 12.5 Å². The summed E-state index contributed by atoms with van der Waals surface area (Å²) < 4.78 is 27.4. The van der Waals surface area contributed by atoms with E-state index in [2.05, 4.69) is 21.9 Å². The van der Waals surface area contributed by atoms with Gasteiger partial charge in [0.25, 0.3) is 0 Å². The zero-order chi connectivity index (χ0) is 20.2. The van der Waals surface area contributed by atoms with E-state index < -0.39 is 0 Å². The predicted molar refractivity (Wildman–Crippen MR) is 109 cm³/mol. The van der Waals surface area contributed by atoms with Crippen molar-refractivity contribution in [1.29, 1.82) is 0 Å². The standard InChI is InChI=1S/C22H28N2O5/c1-25-18-4-5-19(26-2)17(12-18)14-24-8-6-23(7-9-24)13-16-10-20(27-3)22-21(11-16)28-15-29-22/h4-5,10-12H,6-9,13-15H2,1-3H3. The maximum atomic E-state index is 5.54. The Morgan fingerprint density at radius 3 is 2.21 bits per heavy atom. The zero-order valence-electron chi connectivity index (χ0n) is 17.3. The number of hydrogen-bond donors (Lipinski definition) is 0. The van der Waals surface area contributed by atoms with Crippen molar-refractivity contribution < 1.29 is 23.7 Å². The summed E-state index contributed by atoms with van der Waals surface area (Å²) in [5, 5.41) is 0. The molecule has 156 valence electrons. The summed E-state index contributed by atoms with van der Waals surface area (Å²) in [4.78, 5) is 4.91. The first-order valence-corrected chi connectivity index (χ1v) is 9.82. The van der Waals surface area contributed by atoms with Gasteiger partial charge in [-0.25, -0.2) is 0 Å². The molecule has 7 nitrogen and oxygen atoms in total. The van der Waals surface area contributed by atoms with Gasteiger partial charge in [-0.1, -0.05) is 0 Å². The second-order valence-corrected chi connectivity index (χ2v) is 7.26. The number of ether oxygens (including phenoxy) is 5. The van der Waals surface area contributed by atoms with Gasteiger partial charge in [-0.05, 0) is 35.9 Å². The van der Waals surface area contributed by atoms with Crippen LogP contribution in [0.25, 0.3) is 0 Å². The fraction of sp³-hybridized carbons (Fsp3) is 0.455. The summed E-state index contributed by atoms with van der Waals surface area (Å²) in [7, 11) is 5.06. The van der Waals surface area contributed by atoms with Gasteiger partial charge >= 0.3 is 0 Å². The molecule has 0 N–H and O–H groups in total. The van der Waals surface area contributed by atoms with Crippen molar-refractivity contribution in [2.24, 2.45) is 0 Å². The number of benzene rings is 2. The van der Waals surface area contributed by atoms with Gasteiger partial charge in [0, 0.05) is 44.8 Å². The molecule has 0 saturated carbocycles. The molecule has 29 heavy (non-hydrogen) atoms. The van der Waals surface area contributed by atoms with Crippen LogP contribution in [0.4, 0.5) is 0 Å². The SMILES string of the molecule is COc1ccc(OC)c(CN2CCN(Cc3cc(OC)c4c(c3)OCO4)CC2)c1. The Balaban J connectivity index is 1.36. The van der Waals surface area contributed by atoms with E-state index in [-0.39, 0.29) is 6.79 Å². The lowest BCUT2D eigenvalue weighted by Gasteiger charge is -2.35. The molecule has 0 bridgehead atoms. The molecule has 0 amide bonds. The lowest BCUT2D eigenvalue weighted by Crippen LogP contribution is -2.45. The third-order valence-electron chi connectivity index (χ3n) is 5.47.